The van der Waals surface area contributed by atoms with E-state index in [4.69, 9.17) is 23.2 Å². The Hall–Kier alpha value is -0.290. The average Bonchev–Trinajstić information content (AvgIpc) is 2.29. The number of rotatable bonds is 3. The van der Waals surface area contributed by atoms with E-state index in [-0.39, 0.29) is 16.0 Å². The summed E-state index contributed by atoms with van der Waals surface area (Å²) in [5.74, 6) is 0. The zero-order valence-corrected chi connectivity index (χ0v) is 12.2. The lowest BCUT2D eigenvalue weighted by atomic mass is 9.96. The summed E-state index contributed by atoms with van der Waals surface area (Å²) in [7, 11) is -3.55. The summed E-state index contributed by atoms with van der Waals surface area (Å²) >= 11 is 11.7. The second kappa shape index (κ2) is 5.78. The maximum atomic E-state index is 12.2. The molecule has 1 aliphatic rings. The predicted octanol–water partition coefficient (Wildman–Crippen LogP) is 3.60. The van der Waals surface area contributed by atoms with E-state index in [1.54, 1.807) is 0 Å². The van der Waals surface area contributed by atoms with Crippen molar-refractivity contribution < 1.29 is 8.42 Å². The van der Waals surface area contributed by atoms with Crippen molar-refractivity contribution in [3.63, 3.8) is 0 Å². The van der Waals surface area contributed by atoms with Gasteiger partial charge in [-0.25, -0.2) is 13.1 Å². The molecule has 0 amide bonds. The molecule has 1 fully saturated rings. The summed E-state index contributed by atoms with van der Waals surface area (Å²) < 4.78 is 27.1. The van der Waals surface area contributed by atoms with Crippen LogP contribution in [0.1, 0.15) is 32.1 Å². The van der Waals surface area contributed by atoms with Gasteiger partial charge < -0.3 is 0 Å². The first kappa shape index (κ1) is 14.1. The van der Waals surface area contributed by atoms with E-state index in [2.05, 4.69) is 4.72 Å². The fourth-order valence-corrected chi connectivity index (χ4v) is 4.27. The van der Waals surface area contributed by atoms with Crippen molar-refractivity contribution in [3.05, 3.63) is 28.2 Å². The lowest BCUT2D eigenvalue weighted by Gasteiger charge is -2.22. The molecule has 6 heteroatoms. The van der Waals surface area contributed by atoms with Crippen LogP contribution in [-0.2, 0) is 10.0 Å². The van der Waals surface area contributed by atoms with E-state index >= 15 is 0 Å². The molecule has 0 atom stereocenters. The minimum atomic E-state index is -3.55. The van der Waals surface area contributed by atoms with Gasteiger partial charge >= 0.3 is 0 Å². The summed E-state index contributed by atoms with van der Waals surface area (Å²) in [4.78, 5) is 0.0964. The molecule has 0 spiro atoms. The van der Waals surface area contributed by atoms with Crippen LogP contribution in [0.4, 0.5) is 0 Å². The molecule has 0 bridgehead atoms. The highest BCUT2D eigenvalue weighted by Crippen LogP contribution is 2.26. The maximum absolute atomic E-state index is 12.2. The predicted molar refractivity (Wildman–Crippen MR) is 73.7 cm³/mol. The highest BCUT2D eigenvalue weighted by Gasteiger charge is 2.23. The Morgan fingerprint density at radius 2 is 1.78 bits per heavy atom. The molecule has 2 rings (SSSR count). The van der Waals surface area contributed by atoms with E-state index in [9.17, 15) is 8.42 Å². The Morgan fingerprint density at radius 3 is 2.39 bits per heavy atom. The summed E-state index contributed by atoms with van der Waals surface area (Å²) in [5, 5.41) is 0.586. The third-order valence-corrected chi connectivity index (χ3v) is 5.35. The molecule has 1 N–H and O–H groups in total. The summed E-state index contributed by atoms with van der Waals surface area (Å²) in [6.07, 6.45) is 5.11. The molecule has 1 aromatic rings. The van der Waals surface area contributed by atoms with Crippen molar-refractivity contribution >= 4 is 33.2 Å². The molecule has 0 aliphatic heterocycles. The van der Waals surface area contributed by atoms with Gasteiger partial charge in [0.15, 0.2) is 0 Å². The van der Waals surface area contributed by atoms with Crippen LogP contribution in [0.25, 0.3) is 0 Å². The second-order valence-corrected chi connectivity index (χ2v) is 7.06. The zero-order chi connectivity index (χ0) is 13.2. The summed E-state index contributed by atoms with van der Waals surface area (Å²) in [5.41, 5.74) is 0. The zero-order valence-electron chi connectivity index (χ0n) is 9.83. The number of halogens is 2. The number of nitrogens with one attached hydrogen (secondary N) is 1. The first-order chi connectivity index (χ1) is 8.49. The molecular weight excluding hydrogens is 293 g/mol. The van der Waals surface area contributed by atoms with Crippen LogP contribution in [0.3, 0.4) is 0 Å². The first-order valence-corrected chi connectivity index (χ1v) is 8.20. The van der Waals surface area contributed by atoms with Gasteiger partial charge in [0.2, 0.25) is 10.0 Å². The molecule has 0 aromatic heterocycles. The van der Waals surface area contributed by atoms with Crippen LogP contribution in [0, 0.1) is 0 Å². The molecule has 0 heterocycles. The third-order valence-electron chi connectivity index (χ3n) is 3.11. The fourth-order valence-electron chi connectivity index (χ4n) is 2.20. The quantitative estimate of drug-likeness (QED) is 0.927. The van der Waals surface area contributed by atoms with Gasteiger partial charge in [-0.1, -0.05) is 42.5 Å². The van der Waals surface area contributed by atoms with Crippen molar-refractivity contribution in [2.45, 2.75) is 43.0 Å². The Kier molecular flexibility index (Phi) is 4.54. The van der Waals surface area contributed by atoms with Crippen molar-refractivity contribution in [2.24, 2.45) is 0 Å². The van der Waals surface area contributed by atoms with Gasteiger partial charge in [-0.05, 0) is 31.0 Å². The van der Waals surface area contributed by atoms with Crippen molar-refractivity contribution in [2.75, 3.05) is 0 Å². The molecule has 18 heavy (non-hydrogen) atoms. The SMILES string of the molecule is O=S(=O)(NC1CCCCC1)c1ccc(Cl)cc1Cl. The van der Waals surface area contributed by atoms with E-state index in [1.165, 1.54) is 24.6 Å². The molecule has 0 saturated heterocycles. The number of hydrogen-bond acceptors (Lipinski definition) is 2. The van der Waals surface area contributed by atoms with Gasteiger partial charge in [-0.3, -0.25) is 0 Å². The van der Waals surface area contributed by atoms with Gasteiger partial charge in [-0.2, -0.15) is 0 Å². The fraction of sp³-hybridized carbons (Fsp3) is 0.500. The van der Waals surface area contributed by atoms with Crippen LogP contribution >= 0.6 is 23.2 Å². The van der Waals surface area contributed by atoms with Gasteiger partial charge in [0.25, 0.3) is 0 Å². The van der Waals surface area contributed by atoms with Gasteiger partial charge in [-0.15, -0.1) is 0 Å². The standard InChI is InChI=1S/C12H15Cl2NO2S/c13-9-6-7-12(11(14)8-9)18(16,17)15-10-4-2-1-3-5-10/h6-8,10,15H,1-5H2. The lowest BCUT2D eigenvalue weighted by molar-refractivity contribution is 0.412. The largest absolute Gasteiger partial charge is 0.242 e. The normalized spacial score (nSPS) is 17.9. The summed E-state index contributed by atoms with van der Waals surface area (Å²) in [6.45, 7) is 0. The summed E-state index contributed by atoms with van der Waals surface area (Å²) in [6, 6.07) is 4.44. The highest BCUT2D eigenvalue weighted by molar-refractivity contribution is 7.89. The van der Waals surface area contributed by atoms with Crippen LogP contribution in [-0.4, -0.2) is 14.5 Å². The third kappa shape index (κ3) is 3.38. The average molecular weight is 308 g/mol. The minimum Gasteiger partial charge on any atom is -0.208 e. The Balaban J connectivity index is 2.19. The Labute approximate surface area is 118 Å². The van der Waals surface area contributed by atoms with Crippen LogP contribution < -0.4 is 4.72 Å². The number of benzene rings is 1. The van der Waals surface area contributed by atoms with Crippen LogP contribution in [0.2, 0.25) is 10.0 Å². The monoisotopic (exact) mass is 307 g/mol. The molecule has 1 aromatic carbocycles. The van der Waals surface area contributed by atoms with Crippen LogP contribution in [0.5, 0.6) is 0 Å². The van der Waals surface area contributed by atoms with E-state index < -0.39 is 10.0 Å². The Morgan fingerprint density at radius 1 is 1.11 bits per heavy atom. The van der Waals surface area contributed by atoms with E-state index in [1.807, 2.05) is 0 Å². The van der Waals surface area contributed by atoms with E-state index in [0.29, 0.717) is 5.02 Å². The Bertz CT molecular complexity index is 525. The molecule has 0 unspecified atom stereocenters. The van der Waals surface area contributed by atoms with E-state index in [0.717, 1.165) is 25.7 Å². The molecule has 0 radical (unpaired) electrons. The number of sulfonamides is 1. The van der Waals surface area contributed by atoms with Crippen LogP contribution in [0.15, 0.2) is 23.1 Å². The highest BCUT2D eigenvalue weighted by atomic mass is 35.5. The van der Waals surface area contributed by atoms with Crippen molar-refractivity contribution in [1.82, 2.24) is 4.72 Å². The number of hydrogen-bond donors (Lipinski definition) is 1. The molecule has 1 aliphatic carbocycles. The molecular formula is C12H15Cl2NO2S. The topological polar surface area (TPSA) is 46.2 Å². The van der Waals surface area contributed by atoms with Crippen molar-refractivity contribution in [3.8, 4) is 0 Å². The maximum Gasteiger partial charge on any atom is 0.242 e. The van der Waals surface area contributed by atoms with Crippen molar-refractivity contribution in [1.29, 1.82) is 0 Å². The van der Waals surface area contributed by atoms with Gasteiger partial charge in [0.05, 0.1) is 5.02 Å². The second-order valence-electron chi connectivity index (χ2n) is 4.53. The smallest absolute Gasteiger partial charge is 0.208 e. The minimum absolute atomic E-state index is 0.0236. The molecule has 3 nitrogen and oxygen atoms in total. The van der Waals surface area contributed by atoms with Gasteiger partial charge in [0.1, 0.15) is 4.90 Å². The molecule has 100 valence electrons. The molecule has 1 saturated carbocycles. The first-order valence-electron chi connectivity index (χ1n) is 5.96. The van der Waals surface area contributed by atoms with Gasteiger partial charge in [0, 0.05) is 11.1 Å². The lowest BCUT2D eigenvalue weighted by Crippen LogP contribution is -2.36.